The summed E-state index contributed by atoms with van der Waals surface area (Å²) in [7, 11) is 0. The van der Waals surface area contributed by atoms with Crippen molar-refractivity contribution in [1.82, 2.24) is 14.9 Å². The summed E-state index contributed by atoms with van der Waals surface area (Å²) in [6.45, 7) is 2.35. The van der Waals surface area contributed by atoms with Crippen LogP contribution >= 0.6 is 0 Å². The molecule has 2 heterocycles. The highest BCUT2D eigenvalue weighted by molar-refractivity contribution is 5.34. The van der Waals surface area contributed by atoms with Gasteiger partial charge in [-0.25, -0.2) is 4.98 Å². The lowest BCUT2D eigenvalue weighted by atomic mass is 9.98. The Morgan fingerprint density at radius 2 is 2.18 bits per heavy atom. The lowest BCUT2D eigenvalue weighted by Crippen LogP contribution is -2.10. The predicted molar refractivity (Wildman–Crippen MR) is 68.2 cm³/mol. The molecule has 17 heavy (non-hydrogen) atoms. The summed E-state index contributed by atoms with van der Waals surface area (Å²) in [5.74, 6) is 0.814. The minimum absolute atomic E-state index is 0.814. The molecule has 1 aromatic heterocycles. The van der Waals surface area contributed by atoms with Gasteiger partial charge in [0.25, 0.3) is 0 Å². The molecule has 3 heteroatoms. The van der Waals surface area contributed by atoms with Gasteiger partial charge in [0.05, 0.1) is 6.33 Å². The van der Waals surface area contributed by atoms with Crippen molar-refractivity contribution in [1.29, 1.82) is 0 Å². The van der Waals surface area contributed by atoms with E-state index < -0.39 is 0 Å². The minimum atomic E-state index is 0.814. The Labute approximate surface area is 101 Å². The fourth-order valence-corrected chi connectivity index (χ4v) is 2.44. The molecule has 1 aliphatic rings. The van der Waals surface area contributed by atoms with Gasteiger partial charge in [0.1, 0.15) is 0 Å². The van der Waals surface area contributed by atoms with Crippen molar-refractivity contribution in [2.75, 3.05) is 13.1 Å². The van der Waals surface area contributed by atoms with Crippen LogP contribution in [0, 0.1) is 5.92 Å². The molecule has 3 nitrogen and oxygen atoms in total. The van der Waals surface area contributed by atoms with Gasteiger partial charge in [-0.15, -0.1) is 0 Å². The Balaban J connectivity index is 1.71. The monoisotopic (exact) mass is 227 g/mol. The van der Waals surface area contributed by atoms with Crippen LogP contribution in [0.4, 0.5) is 0 Å². The van der Waals surface area contributed by atoms with Crippen LogP contribution in [0.15, 0.2) is 43.0 Å². The molecular formula is C14H17N3. The van der Waals surface area contributed by atoms with Crippen LogP contribution in [0.1, 0.15) is 12.0 Å². The molecule has 0 saturated carbocycles. The second-order valence-corrected chi connectivity index (χ2v) is 4.70. The number of nitrogens with zero attached hydrogens (tertiary/aromatic N) is 2. The van der Waals surface area contributed by atoms with Crippen molar-refractivity contribution >= 4 is 0 Å². The molecule has 0 radical (unpaired) electrons. The Kier molecular flexibility index (Phi) is 2.92. The molecule has 1 unspecified atom stereocenters. The zero-order valence-electron chi connectivity index (χ0n) is 9.84. The van der Waals surface area contributed by atoms with Gasteiger partial charge in [-0.05, 0) is 49.5 Å². The van der Waals surface area contributed by atoms with Crippen molar-refractivity contribution in [2.24, 2.45) is 5.92 Å². The van der Waals surface area contributed by atoms with Gasteiger partial charge in [-0.1, -0.05) is 12.1 Å². The number of hydrogen-bond donors (Lipinski definition) is 1. The summed E-state index contributed by atoms with van der Waals surface area (Å²) >= 11 is 0. The molecule has 1 saturated heterocycles. The third-order valence-corrected chi connectivity index (χ3v) is 3.43. The van der Waals surface area contributed by atoms with Crippen LogP contribution in [0.5, 0.6) is 0 Å². The van der Waals surface area contributed by atoms with E-state index in [1.165, 1.54) is 37.2 Å². The summed E-state index contributed by atoms with van der Waals surface area (Å²) in [5, 5.41) is 3.41. The summed E-state index contributed by atoms with van der Waals surface area (Å²) in [4.78, 5) is 4.06. The quantitative estimate of drug-likeness (QED) is 0.869. The zero-order valence-corrected chi connectivity index (χ0v) is 9.84. The van der Waals surface area contributed by atoms with Crippen LogP contribution in [0.3, 0.4) is 0 Å². The van der Waals surface area contributed by atoms with E-state index in [-0.39, 0.29) is 0 Å². The Morgan fingerprint density at radius 3 is 2.82 bits per heavy atom. The second kappa shape index (κ2) is 4.72. The molecular weight excluding hydrogens is 210 g/mol. The Hall–Kier alpha value is -1.61. The van der Waals surface area contributed by atoms with E-state index in [2.05, 4.69) is 34.6 Å². The van der Waals surface area contributed by atoms with Gasteiger partial charge < -0.3 is 9.88 Å². The molecule has 0 aliphatic carbocycles. The highest BCUT2D eigenvalue weighted by Crippen LogP contribution is 2.16. The second-order valence-electron chi connectivity index (χ2n) is 4.70. The fraction of sp³-hybridized carbons (Fsp3) is 0.357. The van der Waals surface area contributed by atoms with Crippen molar-refractivity contribution < 1.29 is 0 Å². The maximum absolute atomic E-state index is 4.06. The molecule has 0 amide bonds. The number of nitrogens with one attached hydrogen (secondary N) is 1. The number of benzene rings is 1. The number of hydrogen-bond acceptors (Lipinski definition) is 2. The summed E-state index contributed by atoms with van der Waals surface area (Å²) in [6, 6.07) is 8.79. The summed E-state index contributed by atoms with van der Waals surface area (Å²) in [6.07, 6.45) is 8.10. The van der Waals surface area contributed by atoms with E-state index in [9.17, 15) is 0 Å². The molecule has 0 bridgehead atoms. The molecule has 88 valence electrons. The predicted octanol–water partition coefficient (Wildman–Crippen LogP) is 2.02. The number of aromatic nitrogens is 2. The van der Waals surface area contributed by atoms with Crippen molar-refractivity contribution in [2.45, 2.75) is 12.8 Å². The first-order valence-corrected chi connectivity index (χ1v) is 6.20. The highest BCUT2D eigenvalue weighted by atomic mass is 15.0. The first-order valence-electron chi connectivity index (χ1n) is 6.20. The standard InChI is InChI=1S/C14H17N3/c1-3-14(17-8-7-16-11-17)4-2-12(1)9-13-5-6-15-10-13/h1-4,7-8,11,13,15H,5-6,9-10H2. The molecule has 1 aromatic carbocycles. The van der Waals surface area contributed by atoms with Crippen molar-refractivity contribution in [3.63, 3.8) is 0 Å². The first kappa shape index (κ1) is 10.5. The third-order valence-electron chi connectivity index (χ3n) is 3.43. The van der Waals surface area contributed by atoms with Crippen LogP contribution in [-0.2, 0) is 6.42 Å². The first-order chi connectivity index (χ1) is 8.42. The fourth-order valence-electron chi connectivity index (χ4n) is 2.44. The van der Waals surface area contributed by atoms with E-state index in [1.807, 2.05) is 17.1 Å². The summed E-state index contributed by atoms with van der Waals surface area (Å²) in [5.41, 5.74) is 2.61. The van der Waals surface area contributed by atoms with E-state index in [0.717, 1.165) is 5.92 Å². The lowest BCUT2D eigenvalue weighted by Gasteiger charge is -2.09. The van der Waals surface area contributed by atoms with Crippen molar-refractivity contribution in [3.05, 3.63) is 48.5 Å². The molecule has 1 aliphatic heterocycles. The van der Waals surface area contributed by atoms with Crippen LogP contribution in [-0.4, -0.2) is 22.6 Å². The van der Waals surface area contributed by atoms with Crippen LogP contribution in [0.2, 0.25) is 0 Å². The number of rotatable bonds is 3. The highest BCUT2D eigenvalue weighted by Gasteiger charge is 2.14. The number of imidazole rings is 1. The maximum Gasteiger partial charge on any atom is 0.0991 e. The molecule has 1 atom stereocenters. The van der Waals surface area contributed by atoms with E-state index in [1.54, 1.807) is 6.20 Å². The minimum Gasteiger partial charge on any atom is -0.316 e. The van der Waals surface area contributed by atoms with Crippen LogP contribution < -0.4 is 5.32 Å². The lowest BCUT2D eigenvalue weighted by molar-refractivity contribution is 0.580. The average Bonchev–Trinajstić information content (AvgIpc) is 3.01. The molecule has 2 aromatic rings. The molecule has 1 N–H and O–H groups in total. The third kappa shape index (κ3) is 2.39. The largest absolute Gasteiger partial charge is 0.316 e. The molecule has 3 rings (SSSR count). The zero-order chi connectivity index (χ0) is 11.5. The van der Waals surface area contributed by atoms with Crippen LogP contribution in [0.25, 0.3) is 5.69 Å². The normalized spacial score (nSPS) is 19.6. The summed E-state index contributed by atoms with van der Waals surface area (Å²) < 4.78 is 2.03. The smallest absolute Gasteiger partial charge is 0.0991 e. The van der Waals surface area contributed by atoms with Gasteiger partial charge in [-0.3, -0.25) is 0 Å². The van der Waals surface area contributed by atoms with Crippen molar-refractivity contribution in [3.8, 4) is 5.69 Å². The molecule has 1 fully saturated rings. The van der Waals surface area contributed by atoms with Gasteiger partial charge in [-0.2, -0.15) is 0 Å². The molecule has 0 spiro atoms. The van der Waals surface area contributed by atoms with E-state index in [4.69, 9.17) is 0 Å². The topological polar surface area (TPSA) is 29.9 Å². The van der Waals surface area contributed by atoms with Gasteiger partial charge in [0.15, 0.2) is 0 Å². The van der Waals surface area contributed by atoms with E-state index >= 15 is 0 Å². The maximum atomic E-state index is 4.06. The van der Waals surface area contributed by atoms with Gasteiger partial charge in [0, 0.05) is 18.1 Å². The Bertz CT molecular complexity index is 453. The average molecular weight is 227 g/mol. The van der Waals surface area contributed by atoms with Gasteiger partial charge >= 0.3 is 0 Å². The Morgan fingerprint density at radius 1 is 1.29 bits per heavy atom. The van der Waals surface area contributed by atoms with E-state index in [0.29, 0.717) is 0 Å². The van der Waals surface area contributed by atoms with Gasteiger partial charge in [0.2, 0.25) is 0 Å². The SMILES string of the molecule is c1cn(-c2ccc(CC3CCNC3)cc2)cn1.